The van der Waals surface area contributed by atoms with Crippen LogP contribution in [0.1, 0.15) is 18.4 Å². The Balaban J connectivity index is 1.78. The number of aliphatic carboxylic acids is 1. The number of hydrogen-bond donors (Lipinski definition) is 3. The van der Waals surface area contributed by atoms with Crippen LogP contribution in [0.5, 0.6) is 5.75 Å². The number of carbonyl (C=O) groups excluding carboxylic acids is 1. The van der Waals surface area contributed by atoms with Crippen LogP contribution in [-0.4, -0.2) is 33.1 Å². The van der Waals surface area contributed by atoms with Crippen molar-refractivity contribution in [3.8, 4) is 5.75 Å². The minimum absolute atomic E-state index is 0.0580. The van der Waals surface area contributed by atoms with Crippen molar-refractivity contribution in [2.24, 2.45) is 0 Å². The van der Waals surface area contributed by atoms with E-state index in [0.717, 1.165) is 10.1 Å². The molecule has 26 heavy (non-hydrogen) atoms. The fraction of sp³-hybridized carbons (Fsp3) is 0.294. The predicted molar refractivity (Wildman–Crippen MR) is 92.0 cm³/mol. The number of carbonyl (C=O) groups is 2. The van der Waals surface area contributed by atoms with Crippen molar-refractivity contribution in [2.45, 2.75) is 25.9 Å². The number of rotatable bonds is 9. The SMILES string of the molecule is O=C(O)CCCOc1ccc(CNC(=O)Cn2ccc(=O)[nH]c2=O)cc1. The molecule has 0 aliphatic heterocycles. The average molecular weight is 361 g/mol. The largest absolute Gasteiger partial charge is 0.494 e. The van der Waals surface area contributed by atoms with E-state index in [1.807, 2.05) is 0 Å². The van der Waals surface area contributed by atoms with Gasteiger partial charge in [0.05, 0.1) is 6.61 Å². The van der Waals surface area contributed by atoms with Crippen LogP contribution in [0.15, 0.2) is 46.1 Å². The van der Waals surface area contributed by atoms with E-state index in [2.05, 4.69) is 10.3 Å². The molecule has 3 N–H and O–H groups in total. The van der Waals surface area contributed by atoms with Crippen LogP contribution in [0.2, 0.25) is 0 Å². The molecule has 9 nitrogen and oxygen atoms in total. The maximum absolute atomic E-state index is 11.9. The van der Waals surface area contributed by atoms with Crippen molar-refractivity contribution in [2.75, 3.05) is 6.61 Å². The second-order valence-electron chi connectivity index (χ2n) is 5.50. The fourth-order valence-electron chi connectivity index (χ4n) is 2.10. The van der Waals surface area contributed by atoms with Crippen LogP contribution in [-0.2, 0) is 22.7 Å². The number of benzene rings is 1. The summed E-state index contributed by atoms with van der Waals surface area (Å²) in [6, 6.07) is 8.19. The van der Waals surface area contributed by atoms with Crippen LogP contribution in [0, 0.1) is 0 Å². The van der Waals surface area contributed by atoms with Crippen molar-refractivity contribution in [1.82, 2.24) is 14.9 Å². The third-order valence-electron chi connectivity index (χ3n) is 3.43. The van der Waals surface area contributed by atoms with Crippen LogP contribution in [0.3, 0.4) is 0 Å². The molecule has 0 radical (unpaired) electrons. The van der Waals surface area contributed by atoms with Crippen molar-refractivity contribution in [3.05, 3.63) is 62.9 Å². The minimum atomic E-state index is -0.858. The Labute approximate surface area is 148 Å². The third-order valence-corrected chi connectivity index (χ3v) is 3.43. The molecular formula is C17H19N3O6. The Morgan fingerprint density at radius 1 is 1.15 bits per heavy atom. The molecule has 2 rings (SSSR count). The van der Waals surface area contributed by atoms with Gasteiger partial charge in [-0.2, -0.15) is 0 Å². The maximum atomic E-state index is 11.9. The number of hydrogen-bond acceptors (Lipinski definition) is 5. The Kier molecular flexibility index (Phi) is 6.72. The summed E-state index contributed by atoms with van der Waals surface area (Å²) >= 11 is 0. The van der Waals surface area contributed by atoms with Gasteiger partial charge in [-0.25, -0.2) is 4.79 Å². The van der Waals surface area contributed by atoms with Gasteiger partial charge in [-0.15, -0.1) is 0 Å². The molecule has 1 amide bonds. The molecule has 0 atom stereocenters. The lowest BCUT2D eigenvalue weighted by atomic mass is 10.2. The van der Waals surface area contributed by atoms with E-state index in [0.29, 0.717) is 18.8 Å². The highest BCUT2D eigenvalue weighted by Gasteiger charge is 2.05. The van der Waals surface area contributed by atoms with Gasteiger partial charge in [0.25, 0.3) is 5.56 Å². The van der Waals surface area contributed by atoms with Gasteiger partial charge < -0.3 is 15.2 Å². The first-order chi connectivity index (χ1) is 12.4. The van der Waals surface area contributed by atoms with Gasteiger partial charge in [0.1, 0.15) is 12.3 Å². The number of carboxylic acid groups (broad SMARTS) is 1. The number of aromatic amines is 1. The molecule has 0 fully saturated rings. The normalized spacial score (nSPS) is 10.3. The van der Waals surface area contributed by atoms with E-state index in [-0.39, 0.29) is 25.4 Å². The molecule has 138 valence electrons. The fourth-order valence-corrected chi connectivity index (χ4v) is 2.10. The quantitative estimate of drug-likeness (QED) is 0.543. The molecule has 0 bridgehead atoms. The van der Waals surface area contributed by atoms with Crippen LogP contribution >= 0.6 is 0 Å². The van der Waals surface area contributed by atoms with Crippen molar-refractivity contribution in [1.29, 1.82) is 0 Å². The number of ether oxygens (including phenoxy) is 1. The van der Waals surface area contributed by atoms with Gasteiger partial charge in [0.2, 0.25) is 5.91 Å². The molecular weight excluding hydrogens is 342 g/mol. The van der Waals surface area contributed by atoms with Gasteiger partial charge in [-0.3, -0.25) is 23.9 Å². The molecule has 0 spiro atoms. The Bertz CT molecular complexity index is 869. The zero-order valence-electron chi connectivity index (χ0n) is 13.9. The number of H-pyrrole nitrogens is 1. The molecule has 0 unspecified atom stereocenters. The first kappa shape index (κ1) is 19.0. The highest BCUT2D eigenvalue weighted by atomic mass is 16.5. The summed E-state index contributed by atoms with van der Waals surface area (Å²) in [5.41, 5.74) is -0.320. The van der Waals surface area contributed by atoms with Crippen LogP contribution in [0.25, 0.3) is 0 Å². The zero-order chi connectivity index (χ0) is 18.9. The smallest absolute Gasteiger partial charge is 0.328 e. The Morgan fingerprint density at radius 3 is 2.54 bits per heavy atom. The van der Waals surface area contributed by atoms with Gasteiger partial charge >= 0.3 is 11.7 Å². The Morgan fingerprint density at radius 2 is 1.88 bits per heavy atom. The summed E-state index contributed by atoms with van der Waals surface area (Å²) in [5.74, 6) is -0.609. The summed E-state index contributed by atoms with van der Waals surface area (Å²) in [6.45, 7) is 0.396. The monoisotopic (exact) mass is 361 g/mol. The van der Waals surface area contributed by atoms with Gasteiger partial charge in [0, 0.05) is 25.2 Å². The average Bonchev–Trinajstić information content (AvgIpc) is 2.60. The molecule has 0 saturated heterocycles. The molecule has 2 aromatic rings. The Hall–Kier alpha value is -3.36. The van der Waals surface area contributed by atoms with Crippen molar-refractivity contribution in [3.63, 3.8) is 0 Å². The van der Waals surface area contributed by atoms with Crippen LogP contribution < -0.4 is 21.3 Å². The maximum Gasteiger partial charge on any atom is 0.328 e. The number of nitrogens with one attached hydrogen (secondary N) is 2. The lowest BCUT2D eigenvalue weighted by molar-refractivity contribution is -0.137. The molecule has 0 aliphatic carbocycles. The first-order valence-electron chi connectivity index (χ1n) is 7.94. The second kappa shape index (κ2) is 9.21. The minimum Gasteiger partial charge on any atom is -0.494 e. The van der Waals surface area contributed by atoms with Gasteiger partial charge in [-0.05, 0) is 24.1 Å². The topological polar surface area (TPSA) is 130 Å². The third kappa shape index (κ3) is 6.27. The first-order valence-corrected chi connectivity index (χ1v) is 7.94. The number of carboxylic acids is 1. The summed E-state index contributed by atoms with van der Waals surface area (Å²) in [5, 5.41) is 11.2. The van der Waals surface area contributed by atoms with E-state index in [9.17, 15) is 19.2 Å². The molecule has 0 saturated carbocycles. The van der Waals surface area contributed by atoms with Gasteiger partial charge in [-0.1, -0.05) is 12.1 Å². The van der Waals surface area contributed by atoms with E-state index in [1.54, 1.807) is 24.3 Å². The highest BCUT2D eigenvalue weighted by Crippen LogP contribution is 2.12. The molecule has 1 aromatic heterocycles. The zero-order valence-corrected chi connectivity index (χ0v) is 13.9. The van der Waals surface area contributed by atoms with E-state index in [4.69, 9.17) is 9.84 Å². The lowest BCUT2D eigenvalue weighted by Gasteiger charge is -2.08. The molecule has 1 aromatic carbocycles. The summed E-state index contributed by atoms with van der Waals surface area (Å²) in [4.78, 5) is 46.9. The standard InChI is InChI=1S/C17H19N3O6/c21-14-7-8-20(17(25)19-14)11-15(22)18-10-12-3-5-13(6-4-12)26-9-1-2-16(23)24/h3-8H,1-2,9-11H2,(H,18,22)(H,23,24)(H,19,21,25). The number of aromatic nitrogens is 2. The predicted octanol–water partition coefficient (Wildman–Crippen LogP) is 0.0966. The highest BCUT2D eigenvalue weighted by molar-refractivity contribution is 5.75. The van der Waals surface area contributed by atoms with E-state index in [1.165, 1.54) is 12.3 Å². The lowest BCUT2D eigenvalue weighted by Crippen LogP contribution is -2.35. The van der Waals surface area contributed by atoms with Crippen LogP contribution in [0.4, 0.5) is 0 Å². The summed E-state index contributed by atoms with van der Waals surface area (Å²) < 4.78 is 6.52. The van der Waals surface area contributed by atoms with Gasteiger partial charge in [0.15, 0.2) is 0 Å². The summed E-state index contributed by atoms with van der Waals surface area (Å²) in [7, 11) is 0. The summed E-state index contributed by atoms with van der Waals surface area (Å²) in [6.07, 6.45) is 1.75. The number of nitrogens with zero attached hydrogens (tertiary/aromatic N) is 1. The number of amides is 1. The van der Waals surface area contributed by atoms with E-state index < -0.39 is 17.2 Å². The molecule has 9 heteroatoms. The second-order valence-corrected chi connectivity index (χ2v) is 5.50. The van der Waals surface area contributed by atoms with Crippen molar-refractivity contribution < 1.29 is 19.4 Å². The molecule has 0 aliphatic rings. The molecule has 1 heterocycles. The van der Waals surface area contributed by atoms with E-state index >= 15 is 0 Å². The van der Waals surface area contributed by atoms with Crippen molar-refractivity contribution >= 4 is 11.9 Å².